The molecule has 0 fully saturated rings. The third kappa shape index (κ3) is 6.97. The molecule has 2 N–H and O–H groups in total. The summed E-state index contributed by atoms with van der Waals surface area (Å²) in [4.78, 5) is 24.1. The Kier molecular flexibility index (Phi) is 8.19. The second kappa shape index (κ2) is 10.4. The van der Waals surface area contributed by atoms with E-state index in [2.05, 4.69) is 0 Å². The minimum absolute atomic E-state index is 0.132. The monoisotopic (exact) mass is 364 g/mol. The number of nitrogens with zero attached hydrogens (tertiary/aromatic N) is 1. The lowest BCUT2D eigenvalue weighted by Gasteiger charge is -2.12. The Labute approximate surface area is 143 Å². The van der Waals surface area contributed by atoms with Gasteiger partial charge in [0, 0.05) is 22.9 Å². The van der Waals surface area contributed by atoms with Crippen molar-refractivity contribution in [3.05, 3.63) is 71.8 Å². The maximum absolute atomic E-state index is 12.0. The van der Waals surface area contributed by atoms with Gasteiger partial charge in [0.05, 0.1) is 6.54 Å². The van der Waals surface area contributed by atoms with Gasteiger partial charge >= 0.3 is 0 Å². The van der Waals surface area contributed by atoms with Crippen LogP contribution in [0.3, 0.4) is 0 Å². The molecule has 0 saturated carbocycles. The highest BCUT2D eigenvalue weighted by molar-refractivity contribution is 7.46. The number of hydrogen-bond acceptors (Lipinski definition) is 6. The van der Waals surface area contributed by atoms with Crippen LogP contribution in [0.25, 0.3) is 0 Å². The predicted octanol–water partition coefficient (Wildman–Crippen LogP) is 1.16. The van der Waals surface area contributed by atoms with Crippen LogP contribution in [0, 0.1) is 0 Å². The van der Waals surface area contributed by atoms with E-state index in [9.17, 15) is 9.79 Å². The molecule has 0 aliphatic carbocycles. The first-order valence-corrected chi connectivity index (χ1v) is 9.73. The van der Waals surface area contributed by atoms with Crippen LogP contribution in [0.4, 0.5) is 0 Å². The van der Waals surface area contributed by atoms with Crippen LogP contribution in [0.15, 0.2) is 60.7 Å². The van der Waals surface area contributed by atoms with Crippen LogP contribution in [-0.2, 0) is 9.25 Å². The molecular weight excluding hydrogens is 346 g/mol. The largest absolute Gasteiger partial charge is 0.601 e. The van der Waals surface area contributed by atoms with Crippen molar-refractivity contribution in [3.63, 3.8) is 0 Å². The molecule has 2 atom stereocenters. The van der Waals surface area contributed by atoms with Gasteiger partial charge in [-0.25, -0.2) is 0 Å². The van der Waals surface area contributed by atoms with Crippen molar-refractivity contribution >= 4 is 27.6 Å². The number of hydroxylamine groups is 2. The van der Waals surface area contributed by atoms with Crippen LogP contribution in [0.2, 0.25) is 0 Å². The lowest BCUT2D eigenvalue weighted by Crippen LogP contribution is -2.28. The van der Waals surface area contributed by atoms with Gasteiger partial charge in [0.25, 0.3) is 16.0 Å². The SMILES string of the molecule is NCCN(O/[P+]([O-])=C/c1ccccc1)O/[P+]([O-])=C/c1ccccc1. The Hall–Kier alpha value is -1.46. The fourth-order valence-electron chi connectivity index (χ4n) is 1.75. The molecule has 0 heterocycles. The second-order valence-electron chi connectivity index (χ2n) is 4.66. The maximum atomic E-state index is 12.0. The van der Waals surface area contributed by atoms with E-state index in [1.807, 2.05) is 36.4 Å². The number of rotatable bonds is 8. The molecule has 0 amide bonds. The quantitative estimate of drug-likeness (QED) is 0.558. The van der Waals surface area contributed by atoms with Gasteiger partial charge in [-0.2, -0.15) is 0 Å². The first-order valence-electron chi connectivity index (χ1n) is 7.24. The normalized spacial score (nSPS) is 12.7. The molecule has 0 aliphatic heterocycles. The lowest BCUT2D eigenvalue weighted by atomic mass is 10.2. The summed E-state index contributed by atoms with van der Waals surface area (Å²) in [5.74, 6) is 2.91. The van der Waals surface area contributed by atoms with Gasteiger partial charge in [-0.1, -0.05) is 69.9 Å². The van der Waals surface area contributed by atoms with E-state index in [1.165, 1.54) is 11.6 Å². The lowest BCUT2D eigenvalue weighted by molar-refractivity contribution is -0.303. The van der Waals surface area contributed by atoms with E-state index in [0.717, 1.165) is 16.4 Å². The summed E-state index contributed by atoms with van der Waals surface area (Å²) in [5, 5.41) is 0.913. The molecule has 126 valence electrons. The summed E-state index contributed by atoms with van der Waals surface area (Å²) in [7, 11) is -4.34. The molecule has 0 spiro atoms. The highest BCUT2D eigenvalue weighted by atomic mass is 31.1. The fourth-order valence-corrected chi connectivity index (χ4v) is 3.32. The topological polar surface area (TPSA) is 93.8 Å². The van der Waals surface area contributed by atoms with Gasteiger partial charge in [0.2, 0.25) is 0 Å². The number of hydrogen-bond donors (Lipinski definition) is 1. The molecule has 24 heavy (non-hydrogen) atoms. The van der Waals surface area contributed by atoms with Crippen LogP contribution in [0.1, 0.15) is 11.1 Å². The zero-order valence-corrected chi connectivity index (χ0v) is 14.7. The molecule has 8 heteroatoms. The zero-order chi connectivity index (χ0) is 17.2. The third-order valence-electron chi connectivity index (χ3n) is 2.76. The predicted molar refractivity (Wildman–Crippen MR) is 95.0 cm³/mol. The molecule has 0 aliphatic rings. The van der Waals surface area contributed by atoms with Crippen molar-refractivity contribution in [3.8, 4) is 0 Å². The van der Waals surface area contributed by atoms with E-state index in [4.69, 9.17) is 15.0 Å². The van der Waals surface area contributed by atoms with E-state index < -0.39 is 16.0 Å². The highest BCUT2D eigenvalue weighted by Gasteiger charge is 2.17. The standard InChI is InChI=1S/C16H18N2O4P2/c17-11-12-18(21-23(19)13-15-7-3-1-4-8-15)22-24(20)14-16-9-5-2-6-10-16/h1-10,13-14H,11-12,17H2. The van der Waals surface area contributed by atoms with Crippen LogP contribution in [0.5, 0.6) is 0 Å². The molecule has 2 rings (SSSR count). The van der Waals surface area contributed by atoms with Crippen LogP contribution >= 0.6 is 16.0 Å². The molecule has 6 nitrogen and oxygen atoms in total. The third-order valence-corrected chi connectivity index (χ3v) is 4.47. The zero-order valence-electron chi connectivity index (χ0n) is 12.9. The first-order chi connectivity index (χ1) is 11.7. The van der Waals surface area contributed by atoms with E-state index >= 15 is 0 Å². The summed E-state index contributed by atoms with van der Waals surface area (Å²) in [6.07, 6.45) is 0. The Bertz CT molecular complexity index is 623. The van der Waals surface area contributed by atoms with Crippen molar-refractivity contribution in [2.24, 2.45) is 5.73 Å². The van der Waals surface area contributed by atoms with Crippen molar-refractivity contribution in [2.45, 2.75) is 0 Å². The smallest absolute Gasteiger partial charge is 0.252 e. The van der Waals surface area contributed by atoms with Crippen molar-refractivity contribution in [1.29, 1.82) is 0 Å². The van der Waals surface area contributed by atoms with E-state index in [1.54, 1.807) is 24.3 Å². The van der Waals surface area contributed by atoms with Crippen LogP contribution < -0.4 is 15.5 Å². The molecular formula is C16H18N2O4P2. The van der Waals surface area contributed by atoms with Gasteiger partial charge in [-0.3, -0.25) is 0 Å². The Morgan fingerprint density at radius 1 is 0.833 bits per heavy atom. The molecule has 0 saturated heterocycles. The van der Waals surface area contributed by atoms with Crippen molar-refractivity contribution in [2.75, 3.05) is 13.1 Å². The van der Waals surface area contributed by atoms with Gasteiger partial charge in [0.1, 0.15) is 11.6 Å². The Morgan fingerprint density at radius 3 is 1.62 bits per heavy atom. The molecule has 0 aromatic heterocycles. The van der Waals surface area contributed by atoms with E-state index in [-0.39, 0.29) is 13.1 Å². The average Bonchev–Trinajstić information content (AvgIpc) is 2.56. The summed E-state index contributed by atoms with van der Waals surface area (Å²) < 4.78 is 10.4. The van der Waals surface area contributed by atoms with Crippen LogP contribution in [-0.4, -0.2) is 29.9 Å². The van der Waals surface area contributed by atoms with Gasteiger partial charge in [0.15, 0.2) is 0 Å². The Balaban J connectivity index is 2.01. The van der Waals surface area contributed by atoms with Gasteiger partial charge < -0.3 is 15.5 Å². The molecule has 2 aromatic rings. The van der Waals surface area contributed by atoms with Gasteiger partial charge in [-0.05, 0) is 0 Å². The van der Waals surface area contributed by atoms with Crippen molar-refractivity contribution < 1.29 is 19.0 Å². The average molecular weight is 364 g/mol. The molecule has 2 unspecified atom stereocenters. The maximum Gasteiger partial charge on any atom is 0.252 e. The summed E-state index contributed by atoms with van der Waals surface area (Å²) in [6, 6.07) is 18.2. The summed E-state index contributed by atoms with van der Waals surface area (Å²) in [6.45, 7) is 0.330. The minimum atomic E-state index is -2.17. The number of nitrogens with two attached hydrogens (primary N) is 1. The highest BCUT2D eigenvalue weighted by Crippen LogP contribution is 2.23. The molecule has 0 radical (unpaired) electrons. The summed E-state index contributed by atoms with van der Waals surface area (Å²) in [5.41, 5.74) is 6.99. The fraction of sp³-hybridized carbons (Fsp3) is 0.125. The van der Waals surface area contributed by atoms with Crippen molar-refractivity contribution in [1.82, 2.24) is 5.23 Å². The molecule has 2 aromatic carbocycles. The first kappa shape index (κ1) is 18.9. The number of benzene rings is 2. The Morgan fingerprint density at radius 2 is 1.25 bits per heavy atom. The summed E-state index contributed by atoms with van der Waals surface area (Å²) >= 11 is 0. The molecule has 0 bridgehead atoms. The second-order valence-corrected chi connectivity index (χ2v) is 6.64. The van der Waals surface area contributed by atoms with Gasteiger partial charge in [-0.15, -0.1) is 0 Å². The minimum Gasteiger partial charge on any atom is -0.601 e. The van der Waals surface area contributed by atoms with E-state index in [0.29, 0.717) is 0 Å².